The van der Waals surface area contributed by atoms with Gasteiger partial charge in [-0.05, 0) is 25.0 Å². The predicted molar refractivity (Wildman–Crippen MR) is 95.2 cm³/mol. The summed E-state index contributed by atoms with van der Waals surface area (Å²) in [5, 5.41) is 8.40. The third-order valence-corrected chi connectivity index (χ3v) is 6.34. The summed E-state index contributed by atoms with van der Waals surface area (Å²) in [5.41, 5.74) is 1.00. The highest BCUT2D eigenvalue weighted by Gasteiger charge is 2.24. The Morgan fingerprint density at radius 1 is 1.21 bits per heavy atom. The molecular formula is C16H17N5OS2. The summed E-state index contributed by atoms with van der Waals surface area (Å²) in [6, 6.07) is 8.37. The zero-order valence-electron chi connectivity index (χ0n) is 13.0. The number of benzene rings is 1. The number of hydrogen-bond donors (Lipinski definition) is 0. The topological polar surface area (TPSA) is 63.9 Å². The largest absolute Gasteiger partial charge is 0.342 e. The van der Waals surface area contributed by atoms with Gasteiger partial charge < -0.3 is 4.90 Å². The third-order valence-electron chi connectivity index (χ3n) is 4.17. The van der Waals surface area contributed by atoms with Gasteiger partial charge in [0.1, 0.15) is 0 Å². The second kappa shape index (κ2) is 6.90. The third kappa shape index (κ3) is 3.29. The summed E-state index contributed by atoms with van der Waals surface area (Å²) in [7, 11) is 0. The van der Waals surface area contributed by atoms with Crippen molar-refractivity contribution in [3.8, 4) is 0 Å². The molecule has 0 N–H and O–H groups in total. The van der Waals surface area contributed by atoms with Gasteiger partial charge in [0.25, 0.3) is 0 Å². The van der Waals surface area contributed by atoms with E-state index in [1.807, 2.05) is 23.1 Å². The molecule has 2 aromatic heterocycles. The Kier molecular flexibility index (Phi) is 4.48. The molecule has 0 spiro atoms. The van der Waals surface area contributed by atoms with Crippen LogP contribution in [0.1, 0.15) is 18.9 Å². The maximum Gasteiger partial charge on any atom is 0.233 e. The Morgan fingerprint density at radius 3 is 2.71 bits per heavy atom. The van der Waals surface area contributed by atoms with Crippen LogP contribution in [-0.2, 0) is 4.79 Å². The quantitative estimate of drug-likeness (QED) is 0.670. The molecule has 124 valence electrons. The molecule has 0 bridgehead atoms. The minimum absolute atomic E-state index is 0.186. The van der Waals surface area contributed by atoms with Gasteiger partial charge >= 0.3 is 0 Å². The summed E-state index contributed by atoms with van der Waals surface area (Å²) >= 11 is 3.18. The minimum atomic E-state index is 0.186. The number of amides is 1. The molecule has 0 atom stereocenters. The number of piperidine rings is 1. The van der Waals surface area contributed by atoms with Crippen LogP contribution < -0.4 is 0 Å². The van der Waals surface area contributed by atoms with E-state index < -0.39 is 0 Å². The van der Waals surface area contributed by atoms with Gasteiger partial charge in [-0.25, -0.2) is 4.98 Å². The van der Waals surface area contributed by atoms with Gasteiger partial charge in [-0.2, -0.15) is 15.0 Å². The summed E-state index contributed by atoms with van der Waals surface area (Å²) in [5.74, 6) is 0.635. The van der Waals surface area contributed by atoms with Crippen LogP contribution in [0.15, 0.2) is 41.0 Å². The Hall–Kier alpha value is -1.93. The first-order chi connectivity index (χ1) is 11.8. The van der Waals surface area contributed by atoms with E-state index in [2.05, 4.69) is 21.2 Å². The first-order valence-corrected chi connectivity index (χ1v) is 9.72. The molecule has 0 saturated carbocycles. The van der Waals surface area contributed by atoms with E-state index in [1.54, 1.807) is 28.5 Å². The smallest absolute Gasteiger partial charge is 0.233 e. The number of carbonyl (C=O) groups excluding carboxylic acids is 1. The highest BCUT2D eigenvalue weighted by atomic mass is 32.2. The van der Waals surface area contributed by atoms with Crippen LogP contribution in [-0.4, -0.2) is 49.6 Å². The molecule has 8 heteroatoms. The van der Waals surface area contributed by atoms with E-state index in [0.717, 1.165) is 35.8 Å². The zero-order valence-corrected chi connectivity index (χ0v) is 14.7. The molecule has 24 heavy (non-hydrogen) atoms. The van der Waals surface area contributed by atoms with E-state index in [1.165, 1.54) is 16.5 Å². The number of aromatic nitrogens is 4. The minimum Gasteiger partial charge on any atom is -0.342 e. The lowest BCUT2D eigenvalue weighted by Gasteiger charge is -2.31. The van der Waals surface area contributed by atoms with Gasteiger partial charge in [0.2, 0.25) is 5.91 Å². The second-order valence-electron chi connectivity index (χ2n) is 5.70. The van der Waals surface area contributed by atoms with E-state index in [0.29, 0.717) is 11.8 Å². The molecule has 1 aliphatic rings. The van der Waals surface area contributed by atoms with Gasteiger partial charge in [-0.3, -0.25) is 4.79 Å². The van der Waals surface area contributed by atoms with Crippen LogP contribution in [0.2, 0.25) is 0 Å². The second-order valence-corrected chi connectivity index (χ2v) is 7.95. The fraction of sp³-hybridized carbons (Fsp3) is 0.375. The first kappa shape index (κ1) is 15.6. The van der Waals surface area contributed by atoms with Crippen LogP contribution in [0.5, 0.6) is 0 Å². The molecule has 3 heterocycles. The molecule has 3 aromatic rings. The Balaban J connectivity index is 1.30. The zero-order chi connectivity index (χ0) is 16.4. The number of carbonyl (C=O) groups is 1. The number of nitrogens with zero attached hydrogens (tertiary/aromatic N) is 5. The normalized spacial score (nSPS) is 15.9. The predicted octanol–water partition coefficient (Wildman–Crippen LogP) is 2.84. The lowest BCUT2D eigenvalue weighted by atomic mass is 10.1. The average Bonchev–Trinajstić information content (AvgIpc) is 3.29. The molecule has 4 rings (SSSR count). The van der Waals surface area contributed by atoms with Crippen molar-refractivity contribution in [2.75, 3.05) is 18.8 Å². The first-order valence-electron chi connectivity index (χ1n) is 7.91. The highest BCUT2D eigenvalue weighted by Crippen LogP contribution is 2.30. The molecular weight excluding hydrogens is 342 g/mol. The van der Waals surface area contributed by atoms with Crippen molar-refractivity contribution in [2.45, 2.75) is 23.2 Å². The van der Waals surface area contributed by atoms with E-state index in [9.17, 15) is 4.79 Å². The number of thiazole rings is 1. The number of hydrogen-bond acceptors (Lipinski definition) is 6. The van der Waals surface area contributed by atoms with Gasteiger partial charge in [-0.15, -0.1) is 11.3 Å². The molecule has 1 fully saturated rings. The summed E-state index contributed by atoms with van der Waals surface area (Å²) < 4.78 is 2.13. The van der Waals surface area contributed by atoms with Crippen molar-refractivity contribution < 1.29 is 4.79 Å². The number of thioether (sulfide) groups is 1. The summed E-state index contributed by atoms with van der Waals surface area (Å²) in [4.78, 5) is 20.7. The lowest BCUT2D eigenvalue weighted by molar-refractivity contribution is -0.129. The molecule has 1 aliphatic heterocycles. The molecule has 1 saturated heterocycles. The van der Waals surface area contributed by atoms with Crippen molar-refractivity contribution >= 4 is 39.2 Å². The molecule has 1 amide bonds. The molecule has 0 radical (unpaired) electrons. The highest BCUT2D eigenvalue weighted by molar-refractivity contribution is 8.01. The maximum absolute atomic E-state index is 12.4. The SMILES string of the molecule is O=C(CSc1nc2ccccc2s1)N1CCC(n2nccn2)CC1. The number of fused-ring (bicyclic) bond motifs is 1. The summed E-state index contributed by atoms with van der Waals surface area (Å²) in [6.07, 6.45) is 5.22. The maximum atomic E-state index is 12.4. The van der Waals surface area contributed by atoms with Crippen molar-refractivity contribution in [1.29, 1.82) is 0 Å². The Morgan fingerprint density at radius 2 is 1.96 bits per heavy atom. The monoisotopic (exact) mass is 359 g/mol. The fourth-order valence-corrected chi connectivity index (χ4v) is 4.86. The molecule has 0 unspecified atom stereocenters. The Labute approximate surface area is 147 Å². The number of rotatable bonds is 4. The van der Waals surface area contributed by atoms with E-state index >= 15 is 0 Å². The van der Waals surface area contributed by atoms with Crippen LogP contribution in [0.25, 0.3) is 10.2 Å². The number of likely N-dealkylation sites (tertiary alicyclic amines) is 1. The Bertz CT molecular complexity index is 791. The fourth-order valence-electron chi connectivity index (χ4n) is 2.89. The van der Waals surface area contributed by atoms with Crippen molar-refractivity contribution in [3.05, 3.63) is 36.7 Å². The van der Waals surface area contributed by atoms with Crippen molar-refractivity contribution in [1.82, 2.24) is 24.9 Å². The van der Waals surface area contributed by atoms with Gasteiger partial charge in [0.05, 0.1) is 34.4 Å². The van der Waals surface area contributed by atoms with Crippen LogP contribution in [0.4, 0.5) is 0 Å². The summed E-state index contributed by atoms with van der Waals surface area (Å²) in [6.45, 7) is 1.54. The van der Waals surface area contributed by atoms with E-state index in [-0.39, 0.29) is 5.91 Å². The van der Waals surface area contributed by atoms with Crippen LogP contribution in [0, 0.1) is 0 Å². The van der Waals surface area contributed by atoms with Gasteiger partial charge in [0, 0.05) is 13.1 Å². The van der Waals surface area contributed by atoms with Crippen LogP contribution in [0.3, 0.4) is 0 Å². The molecule has 6 nitrogen and oxygen atoms in total. The average molecular weight is 359 g/mol. The standard InChI is InChI=1S/C16H17N5OS2/c22-15(11-23-16-19-13-3-1-2-4-14(13)24-16)20-9-5-12(6-10-20)21-17-7-8-18-21/h1-4,7-8,12H,5-6,9-11H2. The molecule has 1 aromatic carbocycles. The van der Waals surface area contributed by atoms with E-state index in [4.69, 9.17) is 0 Å². The van der Waals surface area contributed by atoms with Gasteiger partial charge in [0.15, 0.2) is 4.34 Å². The van der Waals surface area contributed by atoms with Gasteiger partial charge in [-0.1, -0.05) is 23.9 Å². The molecule has 0 aliphatic carbocycles. The van der Waals surface area contributed by atoms with Crippen molar-refractivity contribution in [2.24, 2.45) is 0 Å². The lowest BCUT2D eigenvalue weighted by Crippen LogP contribution is -2.40. The van der Waals surface area contributed by atoms with Crippen LogP contribution >= 0.6 is 23.1 Å². The number of para-hydroxylation sites is 1. The van der Waals surface area contributed by atoms with Crippen molar-refractivity contribution in [3.63, 3.8) is 0 Å².